The summed E-state index contributed by atoms with van der Waals surface area (Å²) in [6, 6.07) is 11.8. The van der Waals surface area contributed by atoms with E-state index in [0.29, 0.717) is 28.8 Å². The van der Waals surface area contributed by atoms with Crippen LogP contribution < -0.4 is 26.3 Å². The molecule has 0 saturated carbocycles. The van der Waals surface area contributed by atoms with Crippen LogP contribution in [0.25, 0.3) is 0 Å². The highest BCUT2D eigenvalue weighted by Gasteiger charge is 2.36. The largest absolute Gasteiger partial charge is 0.421 e. The monoisotopic (exact) mass is 591 g/mol. The maximum Gasteiger partial charge on any atom is 0.421 e. The molecular formula is C27H33F3N7O3P. The number of nitrogens with zero attached hydrogens (tertiary/aromatic N) is 4. The van der Waals surface area contributed by atoms with Gasteiger partial charge < -0.3 is 25.0 Å². The molecule has 4 rings (SSSR count). The maximum absolute atomic E-state index is 13.9. The van der Waals surface area contributed by atoms with Crippen LogP contribution in [0.3, 0.4) is 0 Å². The topological polar surface area (TPSA) is 112 Å². The molecule has 3 aromatic rings. The van der Waals surface area contributed by atoms with Crippen molar-refractivity contribution in [3.05, 3.63) is 59.8 Å². The lowest BCUT2D eigenvalue weighted by Crippen LogP contribution is -2.31. The minimum Gasteiger partial charge on any atom is -0.370 e. The van der Waals surface area contributed by atoms with E-state index >= 15 is 0 Å². The van der Waals surface area contributed by atoms with E-state index < -0.39 is 30.6 Å². The molecule has 1 aliphatic heterocycles. The van der Waals surface area contributed by atoms with Gasteiger partial charge in [0.25, 0.3) is 5.91 Å². The lowest BCUT2D eigenvalue weighted by atomic mass is 10.2. The van der Waals surface area contributed by atoms with Crippen molar-refractivity contribution in [3.8, 4) is 0 Å². The van der Waals surface area contributed by atoms with Gasteiger partial charge in [-0.05, 0) is 76.3 Å². The van der Waals surface area contributed by atoms with E-state index in [9.17, 15) is 22.5 Å². The Hall–Kier alpha value is -3.67. The van der Waals surface area contributed by atoms with E-state index in [1.165, 1.54) is 19.2 Å². The number of amides is 1. The Bertz CT molecular complexity index is 1450. The molecule has 0 aliphatic carbocycles. The van der Waals surface area contributed by atoms with Crippen molar-refractivity contribution in [1.29, 1.82) is 0 Å². The first-order valence-electron chi connectivity index (χ1n) is 12.8. The number of nitrogens with one attached hydrogen (secondary N) is 3. The molecule has 0 spiro atoms. The lowest BCUT2D eigenvalue weighted by Gasteiger charge is -2.24. The van der Waals surface area contributed by atoms with Crippen molar-refractivity contribution < 1.29 is 27.4 Å². The van der Waals surface area contributed by atoms with Crippen LogP contribution in [-0.2, 0) is 15.6 Å². The number of benzene rings is 2. The summed E-state index contributed by atoms with van der Waals surface area (Å²) in [4.78, 5) is 28.8. The van der Waals surface area contributed by atoms with Gasteiger partial charge in [0.1, 0.15) is 18.5 Å². The van der Waals surface area contributed by atoms with Crippen molar-refractivity contribution in [2.45, 2.75) is 18.6 Å². The minimum absolute atomic E-state index is 0.101. The summed E-state index contributed by atoms with van der Waals surface area (Å²) in [6.45, 7) is 4.79. The van der Waals surface area contributed by atoms with E-state index in [0.717, 1.165) is 25.2 Å². The van der Waals surface area contributed by atoms with Gasteiger partial charge in [0.15, 0.2) is 0 Å². The lowest BCUT2D eigenvalue weighted by molar-refractivity contribution is -0.137. The van der Waals surface area contributed by atoms with Gasteiger partial charge in [-0.2, -0.15) is 18.2 Å². The highest BCUT2D eigenvalue weighted by Crippen LogP contribution is 2.42. The smallest absolute Gasteiger partial charge is 0.370 e. The van der Waals surface area contributed by atoms with Crippen molar-refractivity contribution in [3.63, 3.8) is 0 Å². The Morgan fingerprint density at radius 3 is 2.41 bits per heavy atom. The summed E-state index contributed by atoms with van der Waals surface area (Å²) in [7, 11) is 2.45. The number of carbonyl (C=O) groups is 1. The number of aromatic nitrogens is 2. The third-order valence-corrected chi connectivity index (χ3v) is 8.30. The molecule has 1 aliphatic rings. The first-order valence-corrected chi connectivity index (χ1v) is 15.4. The number of hydrogen-bond donors (Lipinski definition) is 3. The third-order valence-electron chi connectivity index (χ3n) is 6.77. The second-order valence-corrected chi connectivity index (χ2v) is 13.5. The number of carbonyl (C=O) groups excluding carboxylic acids is 1. The third kappa shape index (κ3) is 7.35. The van der Waals surface area contributed by atoms with Crippen molar-refractivity contribution >= 4 is 47.2 Å². The summed E-state index contributed by atoms with van der Waals surface area (Å²) >= 11 is 0. The number of anilines is 5. The Balaban J connectivity index is 1.65. The predicted molar refractivity (Wildman–Crippen MR) is 154 cm³/mol. The fourth-order valence-electron chi connectivity index (χ4n) is 4.52. The molecule has 10 nitrogen and oxygen atoms in total. The average molecular weight is 592 g/mol. The molecule has 1 amide bonds. The number of likely N-dealkylation sites (N-methyl/N-ethyl adjacent to an activating group) is 1. The van der Waals surface area contributed by atoms with E-state index in [1.807, 2.05) is 20.2 Å². The SMILES string of the molecule is CONC(=O)c1ccc(Nc2ncc(C(F)(F)F)c(Nc3ccc(N4CCC(N(C)C)C4)cc3P(C)(C)=O)n2)cc1. The highest BCUT2D eigenvalue weighted by atomic mass is 31.2. The standard InChI is InChI=1S/C27H33F3N7O3P/c1-36(2)20-12-13-37(16-20)19-10-11-22(23(14-19)41(4,5)39)33-24-21(27(28,29)30)15-31-26(34-24)32-18-8-6-17(7-9-18)25(38)35-40-3/h6-11,14-15,20H,12-13,16H2,1-5H3,(H,35,38)(H2,31,32,33,34). The van der Waals surface area contributed by atoms with Crippen molar-refractivity contribution in [2.75, 3.05) is 63.2 Å². The molecular weight excluding hydrogens is 558 g/mol. The van der Waals surface area contributed by atoms with E-state index in [2.05, 4.69) is 40.7 Å². The van der Waals surface area contributed by atoms with Gasteiger partial charge >= 0.3 is 6.18 Å². The normalized spacial score (nSPS) is 15.7. The average Bonchev–Trinajstić information content (AvgIpc) is 3.39. The molecule has 2 heterocycles. The first-order chi connectivity index (χ1) is 19.3. The molecule has 14 heteroatoms. The molecule has 2 aromatic carbocycles. The van der Waals surface area contributed by atoms with Gasteiger partial charge in [-0.15, -0.1) is 0 Å². The van der Waals surface area contributed by atoms with Crippen LogP contribution in [0.5, 0.6) is 0 Å². The van der Waals surface area contributed by atoms with Crippen LogP contribution in [-0.4, -0.2) is 74.4 Å². The summed E-state index contributed by atoms with van der Waals surface area (Å²) in [5, 5.41) is 6.07. The Labute approximate surface area is 236 Å². The fourth-order valence-corrected chi connectivity index (χ4v) is 5.68. The number of rotatable bonds is 9. The zero-order valence-corrected chi connectivity index (χ0v) is 24.3. The highest BCUT2D eigenvalue weighted by molar-refractivity contribution is 7.70. The second-order valence-electron chi connectivity index (χ2n) is 10.3. The quantitative estimate of drug-likeness (QED) is 0.242. The zero-order chi connectivity index (χ0) is 29.9. The van der Waals surface area contributed by atoms with Crippen LogP contribution >= 0.6 is 7.14 Å². The van der Waals surface area contributed by atoms with Crippen LogP contribution in [0.15, 0.2) is 48.7 Å². The zero-order valence-electron chi connectivity index (χ0n) is 23.4. The molecule has 220 valence electrons. The molecule has 0 bridgehead atoms. The van der Waals surface area contributed by atoms with Gasteiger partial charge in [0.05, 0.1) is 12.8 Å². The molecule has 1 atom stereocenters. The molecule has 0 radical (unpaired) electrons. The minimum atomic E-state index is -4.74. The van der Waals surface area contributed by atoms with Gasteiger partial charge in [-0.1, -0.05) is 0 Å². The summed E-state index contributed by atoms with van der Waals surface area (Å²) in [5.74, 6) is -1.04. The Kier molecular flexibility index (Phi) is 8.91. The van der Waals surface area contributed by atoms with Crippen LogP contribution in [0.2, 0.25) is 0 Å². The van der Waals surface area contributed by atoms with Crippen LogP contribution in [0, 0.1) is 0 Å². The van der Waals surface area contributed by atoms with Crippen LogP contribution in [0.4, 0.5) is 42.0 Å². The van der Waals surface area contributed by atoms with Gasteiger partial charge in [0.2, 0.25) is 5.95 Å². The van der Waals surface area contributed by atoms with E-state index in [-0.39, 0.29) is 11.6 Å². The number of alkyl halides is 3. The van der Waals surface area contributed by atoms with E-state index in [4.69, 9.17) is 0 Å². The molecule has 1 saturated heterocycles. The molecule has 1 fully saturated rings. The van der Waals surface area contributed by atoms with Gasteiger partial charge in [0, 0.05) is 47.6 Å². The predicted octanol–water partition coefficient (Wildman–Crippen LogP) is 4.66. The summed E-state index contributed by atoms with van der Waals surface area (Å²) in [6.07, 6.45) is -3.07. The second kappa shape index (κ2) is 12.1. The van der Waals surface area contributed by atoms with Gasteiger partial charge in [-0.25, -0.2) is 10.5 Å². The number of hydrogen-bond acceptors (Lipinski definition) is 9. The fraction of sp³-hybridized carbons (Fsp3) is 0.370. The molecule has 41 heavy (non-hydrogen) atoms. The van der Waals surface area contributed by atoms with Gasteiger partial charge in [-0.3, -0.25) is 9.63 Å². The number of halogens is 3. The number of hydroxylamine groups is 1. The van der Waals surface area contributed by atoms with Crippen LogP contribution in [0.1, 0.15) is 22.3 Å². The van der Waals surface area contributed by atoms with E-state index in [1.54, 1.807) is 37.6 Å². The molecule has 1 aromatic heterocycles. The molecule has 3 N–H and O–H groups in total. The Morgan fingerprint density at radius 2 is 1.83 bits per heavy atom. The Morgan fingerprint density at radius 1 is 1.12 bits per heavy atom. The molecule has 1 unspecified atom stereocenters. The van der Waals surface area contributed by atoms with Crippen molar-refractivity contribution in [1.82, 2.24) is 20.3 Å². The summed E-state index contributed by atoms with van der Waals surface area (Å²) < 4.78 is 55.1. The van der Waals surface area contributed by atoms with Crippen molar-refractivity contribution in [2.24, 2.45) is 0 Å². The first kappa shape index (κ1) is 30.3. The summed E-state index contributed by atoms with van der Waals surface area (Å²) in [5.41, 5.74) is 3.03. The maximum atomic E-state index is 13.9.